The number of nitrogens with two attached hydrogens (primary N) is 1. The molecule has 1 unspecified atom stereocenters. The van der Waals surface area contributed by atoms with Crippen LogP contribution in [-0.2, 0) is 43.1 Å². The monoisotopic (exact) mass is 1100 g/mol. The summed E-state index contributed by atoms with van der Waals surface area (Å²) in [5, 5.41) is 8.40. The number of hydrogen-bond donors (Lipinski definition) is 4. The largest absolute Gasteiger partial charge is 0.461 e. The van der Waals surface area contributed by atoms with Crippen LogP contribution >= 0.6 is 0 Å². The van der Waals surface area contributed by atoms with Crippen LogP contribution in [0.4, 0.5) is 0 Å². The van der Waals surface area contributed by atoms with Crippen LogP contribution in [0, 0.1) is 52.3 Å². The zero-order valence-corrected chi connectivity index (χ0v) is 49.0. The van der Waals surface area contributed by atoms with Crippen molar-refractivity contribution in [3.8, 4) is 0 Å². The quantitative estimate of drug-likeness (QED) is 0.0678. The Hall–Kier alpha value is -5.22. The number of hydrogen-bond acceptors (Lipinski definition) is 10. The Bertz CT molecular complexity index is 2380. The molecule has 8 rings (SSSR count). The van der Waals surface area contributed by atoms with Gasteiger partial charge in [-0.25, -0.2) is 0 Å². The second-order valence-corrected chi connectivity index (χ2v) is 26.6. The van der Waals surface area contributed by atoms with E-state index in [-0.39, 0.29) is 61.6 Å². The topological polar surface area (TPSA) is 221 Å². The molecule has 3 saturated carbocycles. The van der Waals surface area contributed by atoms with Crippen LogP contribution in [0.15, 0.2) is 35.7 Å². The van der Waals surface area contributed by atoms with Gasteiger partial charge in [-0.2, -0.15) is 0 Å². The number of ether oxygens (including phenoxy) is 1. The predicted octanol–water partition coefficient (Wildman–Crippen LogP) is 7.04. The molecule has 13 atom stereocenters. The van der Waals surface area contributed by atoms with Gasteiger partial charge >= 0.3 is 5.97 Å². The molecule has 6 fully saturated rings. The zero-order valence-electron chi connectivity index (χ0n) is 49.0. The molecule has 4 aliphatic heterocycles. The number of fused-ring (bicyclic) bond motifs is 5. The number of primary amides is 1. The van der Waals surface area contributed by atoms with Crippen molar-refractivity contribution in [1.82, 2.24) is 35.6 Å². The number of carbonyl (C=O) groups is 8. The first kappa shape index (κ1) is 59.9. The summed E-state index contributed by atoms with van der Waals surface area (Å²) in [6.07, 6.45) is 23.8. The van der Waals surface area contributed by atoms with Gasteiger partial charge in [0, 0.05) is 51.3 Å². The van der Waals surface area contributed by atoms with Gasteiger partial charge in [0.1, 0.15) is 42.9 Å². The molecule has 17 nitrogen and oxygen atoms in total. The third-order valence-corrected chi connectivity index (χ3v) is 20.4. The molecule has 0 aromatic heterocycles. The standard InChI is InChI=1S/C62H96N8O9/c1-38(2)14-9-15-40(5)45-22-23-46-44-21-20-42-35-43(26-28-61(42,6)47(44)27-29-62(45,46)7)79-54(72)36-64-56(74)50-17-11-31-68(50)59(77)49(34-39(3)4)66-55(73)48(24-25-53(63)71)65-57(75)51-18-12-32-69(51)60(78)52-19-13-33-70(52)58(76)41-16-10-30-67(8)37-41/h10,20,30,37-40,43-52H,9,11-19,21-29,31-36H2,1-8H3,(H2,63,71)(H,64,74)(H,65,75)(H,66,73)/t40-,43?,44+,45-,46+,47+,48+,49+,50+,51+,52+,61+,62-/m1/s1. The van der Waals surface area contributed by atoms with Crippen molar-refractivity contribution < 1.29 is 43.1 Å². The number of esters is 1. The summed E-state index contributed by atoms with van der Waals surface area (Å²) in [6.45, 7) is 16.8. The SMILES string of the molecule is CC(C)CCC[C@@H](C)[C@H]1CC[C@H]2[C@@H]3CC=C4CC(OC(=O)CNC(=O)[C@@H]5CCCN5C(=O)[C@H](CC(C)C)NC(=O)[C@H](CCC(N)=O)NC(=O)[C@@H]5CCCN5C(=O)[C@@H]5CCCN5C(=O)C5=CN(C)C=CC5)CC[C@]4(C)[C@H]3CC[C@]12C. The molecule has 3 saturated heterocycles. The summed E-state index contributed by atoms with van der Waals surface area (Å²) in [7, 11) is 1.84. The number of allylic oxidation sites excluding steroid dienone is 2. The van der Waals surface area contributed by atoms with Crippen molar-refractivity contribution in [3.63, 3.8) is 0 Å². The minimum absolute atomic E-state index is 0.0653. The molecule has 0 aromatic carbocycles. The van der Waals surface area contributed by atoms with Crippen LogP contribution in [0.5, 0.6) is 0 Å². The van der Waals surface area contributed by atoms with Gasteiger partial charge < -0.3 is 46.0 Å². The van der Waals surface area contributed by atoms with Gasteiger partial charge in [-0.15, -0.1) is 0 Å². The first-order valence-corrected chi connectivity index (χ1v) is 30.7. The Balaban J connectivity index is 0.837. The lowest BCUT2D eigenvalue weighted by molar-refractivity contribution is -0.152. The number of nitrogens with zero attached hydrogens (tertiary/aromatic N) is 4. The first-order valence-electron chi connectivity index (χ1n) is 30.7. The van der Waals surface area contributed by atoms with Crippen molar-refractivity contribution in [1.29, 1.82) is 0 Å². The number of nitrogens with one attached hydrogen (secondary N) is 3. The highest BCUT2D eigenvalue weighted by Crippen LogP contribution is 2.67. The highest BCUT2D eigenvalue weighted by atomic mass is 16.5. The molecular weight excluding hydrogens is 1000 g/mol. The molecule has 8 aliphatic rings. The molecule has 7 amide bonds. The number of amides is 7. The van der Waals surface area contributed by atoms with E-state index in [1.165, 1.54) is 60.3 Å². The minimum Gasteiger partial charge on any atom is -0.461 e. The van der Waals surface area contributed by atoms with E-state index in [0.717, 1.165) is 42.9 Å². The van der Waals surface area contributed by atoms with Crippen molar-refractivity contribution in [2.75, 3.05) is 33.2 Å². The maximum atomic E-state index is 14.5. The van der Waals surface area contributed by atoms with Crippen molar-refractivity contribution >= 4 is 47.3 Å². The number of likely N-dealkylation sites (tertiary alicyclic amines) is 3. The van der Waals surface area contributed by atoms with Gasteiger partial charge in [-0.3, -0.25) is 38.4 Å². The molecule has 0 aromatic rings. The van der Waals surface area contributed by atoms with E-state index in [2.05, 4.69) is 56.6 Å². The van der Waals surface area contributed by atoms with Crippen LogP contribution < -0.4 is 21.7 Å². The predicted molar refractivity (Wildman–Crippen MR) is 301 cm³/mol. The molecule has 438 valence electrons. The minimum atomic E-state index is -1.28. The Kier molecular flexibility index (Phi) is 19.5. The second-order valence-electron chi connectivity index (χ2n) is 26.6. The second kappa shape index (κ2) is 25.7. The van der Waals surface area contributed by atoms with Crippen LogP contribution in [-0.4, -0.2) is 136 Å². The lowest BCUT2D eigenvalue weighted by Gasteiger charge is -2.58. The van der Waals surface area contributed by atoms with Gasteiger partial charge in [-0.05, 0) is 161 Å². The Labute approximate surface area is 470 Å². The summed E-state index contributed by atoms with van der Waals surface area (Å²) in [4.78, 5) is 116. The van der Waals surface area contributed by atoms with E-state index in [9.17, 15) is 38.4 Å². The third kappa shape index (κ3) is 13.4. The third-order valence-electron chi connectivity index (χ3n) is 20.4. The molecule has 5 N–H and O–H groups in total. The summed E-state index contributed by atoms with van der Waals surface area (Å²) in [6, 6.07) is -4.87. The van der Waals surface area contributed by atoms with Gasteiger partial charge in [0.15, 0.2) is 0 Å². The van der Waals surface area contributed by atoms with E-state index in [4.69, 9.17) is 10.5 Å². The summed E-state index contributed by atoms with van der Waals surface area (Å²) in [5.74, 6) is 0.469. The molecule has 79 heavy (non-hydrogen) atoms. The first-order chi connectivity index (χ1) is 37.6. The van der Waals surface area contributed by atoms with E-state index >= 15 is 0 Å². The van der Waals surface area contributed by atoms with Crippen molar-refractivity contribution in [2.45, 2.75) is 220 Å². The van der Waals surface area contributed by atoms with E-state index < -0.39 is 65.7 Å². The van der Waals surface area contributed by atoms with Gasteiger partial charge in [0.05, 0.1) is 0 Å². The zero-order chi connectivity index (χ0) is 56.9. The summed E-state index contributed by atoms with van der Waals surface area (Å²) < 4.78 is 6.08. The molecule has 4 aliphatic carbocycles. The van der Waals surface area contributed by atoms with Gasteiger partial charge in [-0.1, -0.05) is 85.5 Å². The maximum Gasteiger partial charge on any atom is 0.325 e. The molecule has 17 heteroatoms. The van der Waals surface area contributed by atoms with Crippen LogP contribution in [0.1, 0.15) is 183 Å². The van der Waals surface area contributed by atoms with Crippen LogP contribution in [0.25, 0.3) is 0 Å². The molecular formula is C62H96N8O9. The highest BCUT2D eigenvalue weighted by molar-refractivity contribution is 6.00. The summed E-state index contributed by atoms with van der Waals surface area (Å²) in [5.41, 5.74) is 8.07. The maximum absolute atomic E-state index is 14.5. The molecule has 0 radical (unpaired) electrons. The van der Waals surface area contributed by atoms with Crippen molar-refractivity contribution in [2.24, 2.45) is 58.0 Å². The van der Waals surface area contributed by atoms with E-state index in [1.54, 1.807) is 16.0 Å². The lowest BCUT2D eigenvalue weighted by Crippen LogP contribution is -2.59. The molecule has 0 spiro atoms. The summed E-state index contributed by atoms with van der Waals surface area (Å²) >= 11 is 0. The highest BCUT2D eigenvalue weighted by Gasteiger charge is 2.59. The lowest BCUT2D eigenvalue weighted by atomic mass is 9.47. The number of rotatable bonds is 21. The van der Waals surface area contributed by atoms with Crippen LogP contribution in [0.2, 0.25) is 0 Å². The molecule has 0 bridgehead atoms. The van der Waals surface area contributed by atoms with Crippen LogP contribution in [0.3, 0.4) is 0 Å². The number of carbonyl (C=O) groups excluding carboxylic acids is 8. The molecule has 4 heterocycles. The fourth-order valence-electron chi connectivity index (χ4n) is 16.3. The van der Waals surface area contributed by atoms with Gasteiger partial charge in [0.2, 0.25) is 35.4 Å². The Morgan fingerprint density at radius 3 is 2.14 bits per heavy atom. The Morgan fingerprint density at radius 1 is 0.747 bits per heavy atom. The van der Waals surface area contributed by atoms with E-state index in [0.29, 0.717) is 87.3 Å². The van der Waals surface area contributed by atoms with Crippen molar-refractivity contribution in [3.05, 3.63) is 35.7 Å². The average Bonchev–Trinajstić information content (AvgIpc) is 4.27. The smallest absolute Gasteiger partial charge is 0.325 e. The normalized spacial score (nSPS) is 31.4. The fourth-order valence-corrected chi connectivity index (χ4v) is 16.3. The average molecular weight is 1100 g/mol. The van der Waals surface area contributed by atoms with Gasteiger partial charge in [0.25, 0.3) is 5.91 Å². The fraction of sp³-hybridized carbons (Fsp3) is 0.774. The Morgan fingerprint density at radius 2 is 1.44 bits per heavy atom. The van der Waals surface area contributed by atoms with E-state index in [1.807, 2.05) is 33.2 Å².